The fourth-order valence-corrected chi connectivity index (χ4v) is 5.53. The van der Waals surface area contributed by atoms with E-state index in [0.717, 1.165) is 41.0 Å². The minimum Gasteiger partial charge on any atom is -0.493 e. The van der Waals surface area contributed by atoms with Gasteiger partial charge >= 0.3 is 4.87 Å². The van der Waals surface area contributed by atoms with Gasteiger partial charge in [-0.2, -0.15) is 0 Å². The molecule has 0 aliphatic heterocycles. The molecule has 2 aromatic carbocycles. The lowest BCUT2D eigenvalue weighted by Crippen LogP contribution is -2.25. The quantitative estimate of drug-likeness (QED) is 0.468. The van der Waals surface area contributed by atoms with Crippen molar-refractivity contribution in [2.75, 3.05) is 13.2 Å². The van der Waals surface area contributed by atoms with Crippen molar-refractivity contribution in [2.45, 2.75) is 51.0 Å². The minimum atomic E-state index is -3.64. The second-order valence-corrected chi connectivity index (χ2v) is 10.2. The maximum Gasteiger partial charge on any atom is 0.308 e. The average molecular weight is 449 g/mol. The summed E-state index contributed by atoms with van der Waals surface area (Å²) >= 11 is 1.07. The Hall–Kier alpha value is -2.16. The Morgan fingerprint density at radius 1 is 1.17 bits per heavy atom. The van der Waals surface area contributed by atoms with Crippen molar-refractivity contribution in [3.63, 3.8) is 0 Å². The van der Waals surface area contributed by atoms with Gasteiger partial charge in [0.05, 0.1) is 21.7 Å². The molecule has 0 unspecified atom stereocenters. The summed E-state index contributed by atoms with van der Waals surface area (Å²) in [6, 6.07) is 12.7. The summed E-state index contributed by atoms with van der Waals surface area (Å²) in [7, 11) is -3.64. The van der Waals surface area contributed by atoms with E-state index < -0.39 is 10.0 Å². The van der Waals surface area contributed by atoms with Gasteiger partial charge in [-0.1, -0.05) is 36.5 Å². The molecule has 0 radical (unpaired) electrons. The SMILES string of the molecule is CCCOc1ccccc1CCCNS(=O)(=O)c1ccc2c(c1)sc(=O)n2C(C)C. The third-order valence-electron chi connectivity index (χ3n) is 4.76. The van der Waals surface area contributed by atoms with E-state index in [-0.39, 0.29) is 15.8 Å². The molecular weight excluding hydrogens is 420 g/mol. The van der Waals surface area contributed by atoms with Crippen LogP contribution < -0.4 is 14.3 Å². The predicted octanol–water partition coefficient (Wildman–Crippen LogP) is 4.34. The van der Waals surface area contributed by atoms with Crippen LogP contribution in [0, 0.1) is 0 Å². The number of hydrogen-bond acceptors (Lipinski definition) is 5. The van der Waals surface area contributed by atoms with E-state index in [4.69, 9.17) is 4.74 Å². The number of para-hydroxylation sites is 1. The molecule has 1 heterocycles. The number of rotatable bonds is 10. The van der Waals surface area contributed by atoms with Gasteiger partial charge in [0.25, 0.3) is 0 Å². The van der Waals surface area contributed by atoms with E-state index in [0.29, 0.717) is 24.3 Å². The molecule has 0 fully saturated rings. The van der Waals surface area contributed by atoms with Crippen molar-refractivity contribution in [2.24, 2.45) is 0 Å². The number of aromatic nitrogens is 1. The van der Waals surface area contributed by atoms with Crippen molar-refractivity contribution in [3.05, 3.63) is 57.7 Å². The lowest BCUT2D eigenvalue weighted by atomic mass is 10.1. The maximum absolute atomic E-state index is 12.7. The number of fused-ring (bicyclic) bond motifs is 1. The van der Waals surface area contributed by atoms with Gasteiger partial charge in [-0.15, -0.1) is 0 Å². The van der Waals surface area contributed by atoms with Gasteiger partial charge in [0.15, 0.2) is 0 Å². The molecule has 8 heteroatoms. The van der Waals surface area contributed by atoms with Crippen LogP contribution in [-0.2, 0) is 16.4 Å². The second kappa shape index (κ2) is 9.76. The van der Waals surface area contributed by atoms with Crippen molar-refractivity contribution in [1.29, 1.82) is 0 Å². The van der Waals surface area contributed by atoms with Crippen LogP contribution in [-0.4, -0.2) is 26.1 Å². The number of nitrogens with zero attached hydrogens (tertiary/aromatic N) is 1. The van der Waals surface area contributed by atoms with E-state index in [1.807, 2.05) is 38.1 Å². The van der Waals surface area contributed by atoms with E-state index in [1.165, 1.54) is 0 Å². The minimum absolute atomic E-state index is 0.0241. The van der Waals surface area contributed by atoms with Crippen LogP contribution in [0.1, 0.15) is 45.2 Å². The van der Waals surface area contributed by atoms with Crippen LogP contribution in [0.3, 0.4) is 0 Å². The van der Waals surface area contributed by atoms with Gasteiger partial charge in [0.2, 0.25) is 10.0 Å². The van der Waals surface area contributed by atoms with Crippen molar-refractivity contribution in [3.8, 4) is 5.75 Å². The number of hydrogen-bond donors (Lipinski definition) is 1. The fourth-order valence-electron chi connectivity index (χ4n) is 3.30. The highest BCUT2D eigenvalue weighted by molar-refractivity contribution is 7.89. The Morgan fingerprint density at radius 2 is 1.93 bits per heavy atom. The molecule has 0 atom stereocenters. The molecule has 6 nitrogen and oxygen atoms in total. The fraction of sp³-hybridized carbons (Fsp3) is 0.409. The number of ether oxygens (including phenoxy) is 1. The molecule has 1 aromatic heterocycles. The molecule has 3 aromatic rings. The Bertz CT molecular complexity index is 1160. The Morgan fingerprint density at radius 3 is 2.67 bits per heavy atom. The molecule has 0 saturated heterocycles. The first-order valence-corrected chi connectivity index (χ1v) is 12.5. The first kappa shape index (κ1) is 22.5. The summed E-state index contributed by atoms with van der Waals surface area (Å²) < 4.78 is 36.2. The molecule has 30 heavy (non-hydrogen) atoms. The van der Waals surface area contributed by atoms with Gasteiger partial charge in [-0.05, 0) is 62.9 Å². The highest BCUT2D eigenvalue weighted by Crippen LogP contribution is 2.24. The standard InChI is InChI=1S/C22H28N2O4S2/c1-4-14-28-20-10-6-5-8-17(20)9-7-13-23-30(26,27)18-11-12-19-21(15-18)29-22(25)24(19)16(2)3/h5-6,8,10-12,15-16,23H,4,7,9,13-14H2,1-3H3. The summed E-state index contributed by atoms with van der Waals surface area (Å²) in [6.45, 7) is 6.92. The lowest BCUT2D eigenvalue weighted by molar-refractivity contribution is 0.314. The van der Waals surface area contributed by atoms with E-state index >= 15 is 0 Å². The van der Waals surface area contributed by atoms with Crippen LogP contribution in [0.4, 0.5) is 0 Å². The zero-order valence-corrected chi connectivity index (χ0v) is 19.2. The number of sulfonamides is 1. The van der Waals surface area contributed by atoms with Crippen LogP contribution >= 0.6 is 11.3 Å². The van der Waals surface area contributed by atoms with Crippen LogP contribution in [0.2, 0.25) is 0 Å². The smallest absolute Gasteiger partial charge is 0.308 e. The zero-order chi connectivity index (χ0) is 21.7. The van der Waals surface area contributed by atoms with E-state index in [9.17, 15) is 13.2 Å². The summed E-state index contributed by atoms with van der Waals surface area (Å²) in [4.78, 5) is 12.3. The van der Waals surface area contributed by atoms with Gasteiger partial charge < -0.3 is 4.74 Å². The monoisotopic (exact) mass is 448 g/mol. The average Bonchev–Trinajstić information content (AvgIpc) is 3.05. The van der Waals surface area contributed by atoms with Gasteiger partial charge in [0.1, 0.15) is 5.75 Å². The van der Waals surface area contributed by atoms with Crippen LogP contribution in [0.25, 0.3) is 10.2 Å². The zero-order valence-electron chi connectivity index (χ0n) is 17.6. The molecule has 0 bridgehead atoms. The third-order valence-corrected chi connectivity index (χ3v) is 7.14. The molecule has 0 saturated carbocycles. The van der Waals surface area contributed by atoms with Crippen LogP contribution in [0.5, 0.6) is 5.75 Å². The summed E-state index contributed by atoms with van der Waals surface area (Å²) in [6.07, 6.45) is 2.32. The van der Waals surface area contributed by atoms with E-state index in [1.54, 1.807) is 22.8 Å². The second-order valence-electron chi connectivity index (χ2n) is 7.42. The molecular formula is C22H28N2O4S2. The highest BCUT2D eigenvalue weighted by Gasteiger charge is 2.17. The Balaban J connectivity index is 1.66. The van der Waals surface area contributed by atoms with E-state index in [2.05, 4.69) is 11.6 Å². The van der Waals surface area contributed by atoms with Gasteiger partial charge in [-0.25, -0.2) is 13.1 Å². The van der Waals surface area contributed by atoms with Gasteiger partial charge in [-0.3, -0.25) is 9.36 Å². The van der Waals surface area contributed by atoms with Gasteiger partial charge in [0, 0.05) is 12.6 Å². The summed E-state index contributed by atoms with van der Waals surface area (Å²) in [5, 5.41) is 0. The Labute approximate surface area is 181 Å². The first-order valence-electron chi connectivity index (χ1n) is 10.2. The molecule has 0 aliphatic carbocycles. The number of nitrogens with one attached hydrogen (secondary N) is 1. The summed E-state index contributed by atoms with van der Waals surface area (Å²) in [5.41, 5.74) is 1.84. The summed E-state index contributed by atoms with van der Waals surface area (Å²) in [5.74, 6) is 0.859. The van der Waals surface area contributed by atoms with Crippen molar-refractivity contribution < 1.29 is 13.2 Å². The van der Waals surface area contributed by atoms with Crippen molar-refractivity contribution >= 4 is 31.6 Å². The van der Waals surface area contributed by atoms with Crippen molar-refractivity contribution in [1.82, 2.24) is 9.29 Å². The lowest BCUT2D eigenvalue weighted by Gasteiger charge is -2.11. The molecule has 0 amide bonds. The topological polar surface area (TPSA) is 77.4 Å². The molecule has 0 spiro atoms. The number of aryl methyl sites for hydroxylation is 1. The van der Waals surface area contributed by atoms with Crippen LogP contribution in [0.15, 0.2) is 52.2 Å². The number of thiazole rings is 1. The predicted molar refractivity (Wildman–Crippen MR) is 122 cm³/mol. The first-order chi connectivity index (χ1) is 14.3. The Kier molecular flexibility index (Phi) is 7.33. The molecule has 0 aliphatic rings. The number of benzene rings is 2. The largest absolute Gasteiger partial charge is 0.493 e. The highest BCUT2D eigenvalue weighted by atomic mass is 32.2. The molecule has 162 valence electrons. The third kappa shape index (κ3) is 5.11. The maximum atomic E-state index is 12.7. The molecule has 3 rings (SSSR count). The molecule has 1 N–H and O–H groups in total. The normalized spacial score (nSPS) is 12.0.